The van der Waals surface area contributed by atoms with Crippen LogP contribution in [0.25, 0.3) is 16.3 Å². The summed E-state index contributed by atoms with van der Waals surface area (Å²) >= 11 is 0. The number of benzene rings is 2. The van der Waals surface area contributed by atoms with Gasteiger partial charge in [0.05, 0.1) is 18.5 Å². The van der Waals surface area contributed by atoms with Crippen LogP contribution in [0.2, 0.25) is 0 Å². The summed E-state index contributed by atoms with van der Waals surface area (Å²) in [6.45, 7) is 0.578. The minimum Gasteiger partial charge on any atom is -0.507 e. The molecule has 0 saturated carbocycles. The van der Waals surface area contributed by atoms with Crippen LogP contribution in [0, 0.1) is 0 Å². The Labute approximate surface area is 121 Å². The third kappa shape index (κ3) is 1.94. The molecule has 0 bridgehead atoms. The van der Waals surface area contributed by atoms with Gasteiger partial charge in [-0.1, -0.05) is 30.3 Å². The van der Waals surface area contributed by atoms with Gasteiger partial charge in [0.2, 0.25) is 0 Å². The van der Waals surface area contributed by atoms with Crippen molar-refractivity contribution in [2.45, 2.75) is 0 Å². The Hall–Kier alpha value is -2.81. The molecule has 102 valence electrons. The van der Waals surface area contributed by atoms with Crippen molar-refractivity contribution in [2.24, 2.45) is 4.99 Å². The van der Waals surface area contributed by atoms with Gasteiger partial charge in [0.25, 0.3) is 0 Å². The largest absolute Gasteiger partial charge is 0.507 e. The van der Waals surface area contributed by atoms with Gasteiger partial charge in [-0.15, -0.1) is 0 Å². The van der Waals surface area contributed by atoms with E-state index in [9.17, 15) is 5.11 Å². The van der Waals surface area contributed by atoms with Crippen LogP contribution in [0.1, 0.15) is 11.3 Å². The fourth-order valence-corrected chi connectivity index (χ4v) is 2.66. The molecule has 1 N–H and O–H groups in total. The molecule has 0 aliphatic carbocycles. The van der Waals surface area contributed by atoms with Crippen molar-refractivity contribution in [1.29, 1.82) is 0 Å². The van der Waals surface area contributed by atoms with Crippen LogP contribution in [0.15, 0.2) is 70.3 Å². The predicted octanol–water partition coefficient (Wildman–Crippen LogP) is 4.02. The molecule has 0 unspecified atom stereocenters. The lowest BCUT2D eigenvalue weighted by atomic mass is 10.0. The Morgan fingerprint density at radius 2 is 1.90 bits per heavy atom. The molecule has 3 heteroatoms. The fourth-order valence-electron chi connectivity index (χ4n) is 2.66. The zero-order valence-electron chi connectivity index (χ0n) is 11.3. The van der Waals surface area contributed by atoms with Crippen molar-refractivity contribution >= 4 is 22.1 Å². The lowest BCUT2D eigenvalue weighted by Gasteiger charge is -2.06. The summed E-state index contributed by atoms with van der Waals surface area (Å²) in [6, 6.07) is 15.5. The Morgan fingerprint density at radius 3 is 2.76 bits per heavy atom. The number of rotatable bonds is 2. The molecular formula is C18H13NO2. The molecule has 1 aliphatic rings. The zero-order chi connectivity index (χ0) is 14.2. The first-order valence-corrected chi connectivity index (χ1v) is 6.83. The van der Waals surface area contributed by atoms with Crippen LogP contribution in [0.5, 0.6) is 5.75 Å². The normalized spacial score (nSPS) is 14.3. The van der Waals surface area contributed by atoms with E-state index in [4.69, 9.17) is 4.42 Å². The summed E-state index contributed by atoms with van der Waals surface area (Å²) in [7, 11) is 0. The highest BCUT2D eigenvalue weighted by Gasteiger charge is 2.17. The maximum Gasteiger partial charge on any atom is 0.132 e. The van der Waals surface area contributed by atoms with Crippen molar-refractivity contribution in [3.63, 3.8) is 0 Å². The SMILES string of the molecule is Oc1c(C2=NCC(c3ccco3)=C2)ccc2ccccc12. The van der Waals surface area contributed by atoms with E-state index in [1.807, 2.05) is 54.6 Å². The molecule has 1 aromatic heterocycles. The van der Waals surface area contributed by atoms with Crippen LogP contribution >= 0.6 is 0 Å². The average Bonchev–Trinajstić information content (AvgIpc) is 3.19. The van der Waals surface area contributed by atoms with E-state index in [-0.39, 0.29) is 5.75 Å². The topological polar surface area (TPSA) is 45.7 Å². The Bertz CT molecular complexity index is 873. The first-order valence-electron chi connectivity index (χ1n) is 6.83. The Balaban J connectivity index is 1.79. The van der Waals surface area contributed by atoms with Gasteiger partial charge in [0.1, 0.15) is 11.5 Å². The smallest absolute Gasteiger partial charge is 0.132 e. The van der Waals surface area contributed by atoms with Gasteiger partial charge in [-0.2, -0.15) is 0 Å². The van der Waals surface area contributed by atoms with Gasteiger partial charge in [-0.25, -0.2) is 0 Å². The van der Waals surface area contributed by atoms with Crippen LogP contribution in [0.4, 0.5) is 0 Å². The van der Waals surface area contributed by atoms with Crippen molar-refractivity contribution in [1.82, 2.24) is 0 Å². The summed E-state index contributed by atoms with van der Waals surface area (Å²) in [4.78, 5) is 4.52. The molecule has 0 atom stereocenters. The van der Waals surface area contributed by atoms with E-state index in [0.717, 1.165) is 33.4 Å². The molecule has 0 radical (unpaired) electrons. The number of phenolic OH excluding ortho intramolecular Hbond substituents is 1. The zero-order valence-corrected chi connectivity index (χ0v) is 11.3. The molecule has 4 rings (SSSR count). The molecule has 0 saturated heterocycles. The van der Waals surface area contributed by atoms with E-state index in [1.165, 1.54) is 0 Å². The number of aromatic hydroxyl groups is 1. The summed E-state index contributed by atoms with van der Waals surface area (Å²) in [6.07, 6.45) is 3.63. The number of furan rings is 1. The second kappa shape index (κ2) is 4.63. The van der Waals surface area contributed by atoms with Crippen LogP contribution < -0.4 is 0 Å². The van der Waals surface area contributed by atoms with Gasteiger partial charge in [0, 0.05) is 16.5 Å². The third-order valence-corrected chi connectivity index (χ3v) is 3.74. The van der Waals surface area contributed by atoms with Gasteiger partial charge < -0.3 is 9.52 Å². The van der Waals surface area contributed by atoms with Crippen molar-refractivity contribution in [2.75, 3.05) is 6.54 Å². The first kappa shape index (κ1) is 12.0. The van der Waals surface area contributed by atoms with Gasteiger partial charge in [-0.05, 0) is 29.7 Å². The minimum absolute atomic E-state index is 0.281. The maximum atomic E-state index is 10.5. The molecule has 0 amide bonds. The van der Waals surface area contributed by atoms with Crippen molar-refractivity contribution in [3.8, 4) is 5.75 Å². The monoisotopic (exact) mass is 275 g/mol. The van der Waals surface area contributed by atoms with E-state index < -0.39 is 0 Å². The number of hydrogen-bond acceptors (Lipinski definition) is 3. The highest BCUT2D eigenvalue weighted by molar-refractivity contribution is 6.18. The molecule has 2 aromatic carbocycles. The highest BCUT2D eigenvalue weighted by Crippen LogP contribution is 2.31. The number of allylic oxidation sites excluding steroid dienone is 1. The van der Waals surface area contributed by atoms with Crippen molar-refractivity contribution < 1.29 is 9.52 Å². The van der Waals surface area contributed by atoms with Gasteiger partial charge in [0.15, 0.2) is 0 Å². The van der Waals surface area contributed by atoms with E-state index >= 15 is 0 Å². The molecule has 21 heavy (non-hydrogen) atoms. The summed E-state index contributed by atoms with van der Waals surface area (Å²) in [5, 5.41) is 12.4. The van der Waals surface area contributed by atoms with E-state index in [2.05, 4.69) is 4.99 Å². The summed E-state index contributed by atoms with van der Waals surface area (Å²) < 4.78 is 5.40. The molecule has 2 heterocycles. The van der Waals surface area contributed by atoms with E-state index in [0.29, 0.717) is 6.54 Å². The second-order valence-electron chi connectivity index (χ2n) is 5.03. The summed E-state index contributed by atoms with van der Waals surface area (Å²) in [5.74, 6) is 1.11. The molecule has 3 nitrogen and oxygen atoms in total. The number of phenols is 1. The van der Waals surface area contributed by atoms with Crippen LogP contribution in [-0.2, 0) is 0 Å². The maximum absolute atomic E-state index is 10.5. The van der Waals surface area contributed by atoms with Crippen LogP contribution in [-0.4, -0.2) is 17.4 Å². The van der Waals surface area contributed by atoms with E-state index in [1.54, 1.807) is 6.26 Å². The minimum atomic E-state index is 0.281. The van der Waals surface area contributed by atoms with Gasteiger partial charge in [-0.3, -0.25) is 4.99 Å². The number of aliphatic imine (C=N–C) groups is 1. The van der Waals surface area contributed by atoms with Gasteiger partial charge >= 0.3 is 0 Å². The predicted molar refractivity (Wildman–Crippen MR) is 83.7 cm³/mol. The standard InChI is InChI=1S/C18H13NO2/c20-18-14-5-2-1-4-12(14)7-8-15(18)16-10-13(11-19-16)17-6-3-9-21-17/h1-10,20H,11H2. The number of nitrogens with zero attached hydrogens (tertiary/aromatic N) is 1. The molecule has 0 fully saturated rings. The highest BCUT2D eigenvalue weighted by atomic mass is 16.3. The second-order valence-corrected chi connectivity index (χ2v) is 5.03. The third-order valence-electron chi connectivity index (χ3n) is 3.74. The molecule has 3 aromatic rings. The quantitative estimate of drug-likeness (QED) is 0.767. The number of fused-ring (bicyclic) bond motifs is 1. The van der Waals surface area contributed by atoms with Crippen LogP contribution in [0.3, 0.4) is 0 Å². The fraction of sp³-hybridized carbons (Fsp3) is 0.0556. The first-order chi connectivity index (χ1) is 10.3. The van der Waals surface area contributed by atoms with Crippen molar-refractivity contribution in [3.05, 3.63) is 72.2 Å². The lowest BCUT2D eigenvalue weighted by Crippen LogP contribution is -1.95. The molecule has 0 spiro atoms. The lowest BCUT2D eigenvalue weighted by molar-refractivity contribution is 0.480. The molecular weight excluding hydrogens is 262 g/mol. The Morgan fingerprint density at radius 1 is 1.00 bits per heavy atom. The average molecular weight is 275 g/mol. The summed E-state index contributed by atoms with van der Waals surface area (Å²) in [5.41, 5.74) is 2.59. The molecule has 1 aliphatic heterocycles. The Kier molecular flexibility index (Phi) is 2.64. The number of hydrogen-bond donors (Lipinski definition) is 1.